The summed E-state index contributed by atoms with van der Waals surface area (Å²) in [5.41, 5.74) is 2.85. The SMILES string of the molecule is COc1c2c(c(C)c3c1C(=O)OC3)O[C@@]1(C)CC[C@H]3C(C)(C)C(=O)CC[C@]3(C)[C@H]1C2. The van der Waals surface area contributed by atoms with Crippen LogP contribution in [0.5, 0.6) is 11.5 Å². The molecule has 1 aromatic carbocycles. The van der Waals surface area contributed by atoms with E-state index >= 15 is 0 Å². The molecule has 2 aliphatic heterocycles. The predicted octanol–water partition coefficient (Wildman–Crippen LogP) is 4.79. The largest absolute Gasteiger partial charge is 0.495 e. The van der Waals surface area contributed by atoms with Crippen LogP contribution in [0.1, 0.15) is 80.4 Å². The van der Waals surface area contributed by atoms with Crippen LogP contribution >= 0.6 is 0 Å². The lowest BCUT2D eigenvalue weighted by Crippen LogP contribution is -2.63. The smallest absolute Gasteiger partial charge is 0.342 e. The molecular weight excluding hydrogens is 380 g/mol. The number of rotatable bonds is 1. The lowest BCUT2D eigenvalue weighted by Gasteiger charge is -2.62. The lowest BCUT2D eigenvalue weighted by molar-refractivity contribution is -0.173. The fourth-order valence-corrected chi connectivity index (χ4v) is 7.41. The summed E-state index contributed by atoms with van der Waals surface area (Å²) in [4.78, 5) is 25.2. The van der Waals surface area contributed by atoms with Crippen molar-refractivity contribution >= 4 is 11.8 Å². The number of ketones is 1. The summed E-state index contributed by atoms with van der Waals surface area (Å²) in [6.45, 7) is 11.2. The minimum absolute atomic E-state index is 0.000535. The summed E-state index contributed by atoms with van der Waals surface area (Å²) in [5, 5.41) is 0. The number of esters is 1. The molecule has 30 heavy (non-hydrogen) atoms. The number of hydrogen-bond donors (Lipinski definition) is 0. The van der Waals surface area contributed by atoms with Gasteiger partial charge in [-0.3, -0.25) is 4.79 Å². The Morgan fingerprint density at radius 3 is 2.47 bits per heavy atom. The van der Waals surface area contributed by atoms with E-state index < -0.39 is 0 Å². The van der Waals surface area contributed by atoms with Crippen molar-refractivity contribution in [3.05, 3.63) is 22.3 Å². The summed E-state index contributed by atoms with van der Waals surface area (Å²) in [7, 11) is 1.62. The van der Waals surface area contributed by atoms with E-state index in [0.717, 1.165) is 48.1 Å². The van der Waals surface area contributed by atoms with Crippen LogP contribution in [0, 0.1) is 29.6 Å². The zero-order chi connectivity index (χ0) is 21.6. The normalized spacial score (nSPS) is 36.1. The molecule has 5 heteroatoms. The average molecular weight is 413 g/mol. The van der Waals surface area contributed by atoms with Gasteiger partial charge in [0.15, 0.2) is 0 Å². The minimum atomic E-state index is -0.309. The van der Waals surface area contributed by atoms with E-state index in [0.29, 0.717) is 29.4 Å². The van der Waals surface area contributed by atoms with Gasteiger partial charge in [-0.05, 0) is 56.4 Å². The fraction of sp³-hybridized carbons (Fsp3) is 0.680. The van der Waals surface area contributed by atoms with Crippen molar-refractivity contribution < 1.29 is 23.8 Å². The summed E-state index contributed by atoms with van der Waals surface area (Å²) in [6, 6.07) is 0. The third-order valence-corrected chi connectivity index (χ3v) is 9.11. The van der Waals surface area contributed by atoms with E-state index in [9.17, 15) is 9.59 Å². The maximum absolute atomic E-state index is 12.8. The van der Waals surface area contributed by atoms with Gasteiger partial charge in [0.05, 0.1) is 7.11 Å². The number of fused-ring (bicyclic) bond motifs is 5. The second-order valence-corrected chi connectivity index (χ2v) is 10.8. The predicted molar refractivity (Wildman–Crippen MR) is 112 cm³/mol. The van der Waals surface area contributed by atoms with Crippen molar-refractivity contribution in [1.29, 1.82) is 0 Å². The molecule has 0 amide bonds. The second kappa shape index (κ2) is 6.02. The standard InChI is InChI=1S/C25H32O5/c1-13-15-12-29-22(27)19(15)21(28-6)14-11-17-24(4)9-8-18(26)23(2,3)16(24)7-10-25(17,5)30-20(13)14/h16-17H,7-12H2,1-6H3/t16-,17+,24-,25-/m0/s1. The van der Waals surface area contributed by atoms with Gasteiger partial charge in [0.25, 0.3) is 0 Å². The van der Waals surface area contributed by atoms with Crippen LogP contribution in [0.25, 0.3) is 0 Å². The van der Waals surface area contributed by atoms with Crippen LogP contribution < -0.4 is 9.47 Å². The number of methoxy groups -OCH3 is 1. The highest BCUT2D eigenvalue weighted by molar-refractivity contribution is 5.98. The van der Waals surface area contributed by atoms with Gasteiger partial charge in [0.1, 0.15) is 35.1 Å². The second-order valence-electron chi connectivity index (χ2n) is 10.8. The number of hydrogen-bond acceptors (Lipinski definition) is 5. The van der Waals surface area contributed by atoms with Crippen LogP contribution in [0.4, 0.5) is 0 Å². The highest BCUT2D eigenvalue weighted by atomic mass is 16.5. The van der Waals surface area contributed by atoms with Gasteiger partial charge in [-0.25, -0.2) is 4.79 Å². The Labute approximate surface area is 178 Å². The van der Waals surface area contributed by atoms with Gasteiger partial charge in [-0.2, -0.15) is 0 Å². The number of cyclic esters (lactones) is 1. The molecule has 2 fully saturated rings. The Hall–Kier alpha value is -2.04. The van der Waals surface area contributed by atoms with Gasteiger partial charge >= 0.3 is 5.97 Å². The summed E-state index contributed by atoms with van der Waals surface area (Å²) in [5.74, 6) is 2.16. The highest BCUT2D eigenvalue weighted by Gasteiger charge is 2.63. The first kappa shape index (κ1) is 19.9. The molecule has 2 heterocycles. The monoisotopic (exact) mass is 412 g/mol. The minimum Gasteiger partial charge on any atom is -0.495 e. The van der Waals surface area contributed by atoms with Crippen LogP contribution in [0.15, 0.2) is 0 Å². The summed E-state index contributed by atoms with van der Waals surface area (Å²) < 4.78 is 18.0. The van der Waals surface area contributed by atoms with Crippen molar-refractivity contribution in [1.82, 2.24) is 0 Å². The van der Waals surface area contributed by atoms with Gasteiger partial charge < -0.3 is 14.2 Å². The quantitative estimate of drug-likeness (QED) is 0.621. The first-order valence-electron chi connectivity index (χ1n) is 11.2. The number of carbonyl (C=O) groups is 2. The Kier molecular flexibility index (Phi) is 3.99. The number of Topliss-reactive ketones (excluding diaryl/α,β-unsaturated/α-hetero) is 1. The van der Waals surface area contributed by atoms with Gasteiger partial charge in [0, 0.05) is 28.9 Å². The van der Waals surface area contributed by atoms with E-state index in [1.165, 1.54) is 0 Å². The highest BCUT2D eigenvalue weighted by Crippen LogP contribution is 2.64. The number of ether oxygens (including phenoxy) is 3. The van der Waals surface area contributed by atoms with Crippen molar-refractivity contribution in [3.63, 3.8) is 0 Å². The molecule has 5 nitrogen and oxygen atoms in total. The molecule has 0 radical (unpaired) electrons. The van der Waals surface area contributed by atoms with E-state index in [-0.39, 0.29) is 34.9 Å². The first-order chi connectivity index (χ1) is 14.0. The van der Waals surface area contributed by atoms with Crippen LogP contribution in [-0.4, -0.2) is 24.5 Å². The van der Waals surface area contributed by atoms with Crippen molar-refractivity contribution in [3.8, 4) is 11.5 Å². The molecule has 0 N–H and O–H groups in total. The van der Waals surface area contributed by atoms with Crippen molar-refractivity contribution in [2.75, 3.05) is 7.11 Å². The first-order valence-corrected chi connectivity index (χ1v) is 11.2. The Morgan fingerprint density at radius 2 is 1.77 bits per heavy atom. The molecule has 4 atom stereocenters. The molecule has 0 bridgehead atoms. The van der Waals surface area contributed by atoms with Crippen LogP contribution in [-0.2, 0) is 22.6 Å². The molecule has 2 saturated carbocycles. The molecule has 4 aliphatic rings. The zero-order valence-corrected chi connectivity index (χ0v) is 18.9. The van der Waals surface area contributed by atoms with E-state index in [2.05, 4.69) is 27.7 Å². The molecule has 162 valence electrons. The maximum atomic E-state index is 12.8. The molecular formula is C25H32O5. The summed E-state index contributed by atoms with van der Waals surface area (Å²) in [6.07, 6.45) is 4.26. The molecule has 0 aromatic heterocycles. The third kappa shape index (κ3) is 2.29. The van der Waals surface area contributed by atoms with Crippen LogP contribution in [0.3, 0.4) is 0 Å². The summed E-state index contributed by atoms with van der Waals surface area (Å²) >= 11 is 0. The topological polar surface area (TPSA) is 61.8 Å². The Bertz CT molecular complexity index is 976. The third-order valence-electron chi connectivity index (χ3n) is 9.11. The number of carbonyl (C=O) groups excluding carboxylic acids is 2. The molecule has 0 saturated heterocycles. The molecule has 5 rings (SSSR count). The zero-order valence-electron chi connectivity index (χ0n) is 18.9. The molecule has 0 spiro atoms. The van der Waals surface area contributed by atoms with E-state index in [4.69, 9.17) is 14.2 Å². The number of benzene rings is 1. The van der Waals surface area contributed by atoms with Crippen molar-refractivity contribution in [2.24, 2.45) is 22.7 Å². The Balaban J connectivity index is 1.67. The average Bonchev–Trinajstić information content (AvgIpc) is 3.07. The van der Waals surface area contributed by atoms with Crippen molar-refractivity contribution in [2.45, 2.75) is 78.9 Å². The van der Waals surface area contributed by atoms with Gasteiger partial charge in [-0.1, -0.05) is 20.8 Å². The fourth-order valence-electron chi connectivity index (χ4n) is 7.41. The van der Waals surface area contributed by atoms with E-state index in [1.54, 1.807) is 7.11 Å². The molecule has 1 aromatic rings. The van der Waals surface area contributed by atoms with Crippen LogP contribution in [0.2, 0.25) is 0 Å². The van der Waals surface area contributed by atoms with Gasteiger partial charge in [-0.15, -0.1) is 0 Å². The Morgan fingerprint density at radius 1 is 1.03 bits per heavy atom. The lowest BCUT2D eigenvalue weighted by atomic mass is 9.44. The maximum Gasteiger partial charge on any atom is 0.342 e. The molecule has 0 unspecified atom stereocenters. The molecule has 2 aliphatic carbocycles. The van der Waals surface area contributed by atoms with Gasteiger partial charge in [0.2, 0.25) is 0 Å². The van der Waals surface area contributed by atoms with E-state index in [1.807, 2.05) is 6.92 Å².